The van der Waals surface area contributed by atoms with Crippen molar-refractivity contribution in [3.8, 4) is 5.75 Å². The highest BCUT2D eigenvalue weighted by molar-refractivity contribution is 5.81. The molecule has 102 valence electrons. The van der Waals surface area contributed by atoms with Crippen LogP contribution in [0.4, 0.5) is 0 Å². The van der Waals surface area contributed by atoms with E-state index in [4.69, 9.17) is 4.74 Å². The first kappa shape index (κ1) is 12.5. The van der Waals surface area contributed by atoms with Crippen LogP contribution in [0.15, 0.2) is 24.3 Å². The Kier molecular flexibility index (Phi) is 3.42. The maximum Gasteiger partial charge on any atom is 0.237 e. The summed E-state index contributed by atoms with van der Waals surface area (Å²) in [5, 5.41) is 6.45. The van der Waals surface area contributed by atoms with E-state index < -0.39 is 0 Å². The van der Waals surface area contributed by atoms with Gasteiger partial charge in [0, 0.05) is 24.1 Å². The van der Waals surface area contributed by atoms with Gasteiger partial charge in [0.1, 0.15) is 5.75 Å². The molecule has 1 heterocycles. The number of carbonyl (C=O) groups excluding carboxylic acids is 1. The van der Waals surface area contributed by atoms with E-state index in [1.165, 1.54) is 0 Å². The van der Waals surface area contributed by atoms with Crippen LogP contribution in [0.3, 0.4) is 0 Å². The summed E-state index contributed by atoms with van der Waals surface area (Å²) >= 11 is 0. The molecule has 0 aromatic heterocycles. The van der Waals surface area contributed by atoms with Crippen LogP contribution in [0.25, 0.3) is 0 Å². The lowest BCUT2D eigenvalue weighted by Gasteiger charge is -2.29. The molecule has 2 N–H and O–H groups in total. The van der Waals surface area contributed by atoms with Crippen LogP contribution in [0, 0.1) is 0 Å². The van der Waals surface area contributed by atoms with Gasteiger partial charge in [0.25, 0.3) is 0 Å². The molecule has 1 aromatic carbocycles. The molecule has 1 aliphatic heterocycles. The minimum Gasteiger partial charge on any atom is -0.493 e. The maximum absolute atomic E-state index is 12.0. The molecule has 1 amide bonds. The summed E-state index contributed by atoms with van der Waals surface area (Å²) in [6.45, 7) is 2.63. The van der Waals surface area contributed by atoms with Crippen LogP contribution < -0.4 is 15.4 Å². The summed E-state index contributed by atoms with van der Waals surface area (Å²) in [7, 11) is 0. The number of carbonyl (C=O) groups is 1. The number of ether oxygens (including phenoxy) is 1. The topological polar surface area (TPSA) is 50.4 Å². The third kappa shape index (κ3) is 2.89. The number of benzene rings is 1. The van der Waals surface area contributed by atoms with Gasteiger partial charge in [-0.3, -0.25) is 10.1 Å². The first-order chi connectivity index (χ1) is 9.24. The average Bonchev–Trinajstić information content (AvgIpc) is 3.23. The Labute approximate surface area is 113 Å². The molecule has 0 bridgehead atoms. The maximum atomic E-state index is 12.0. The Morgan fingerprint density at radius 2 is 2.11 bits per heavy atom. The largest absolute Gasteiger partial charge is 0.493 e. The van der Waals surface area contributed by atoms with Gasteiger partial charge >= 0.3 is 0 Å². The first-order valence-corrected chi connectivity index (χ1v) is 7.02. The van der Waals surface area contributed by atoms with Crippen molar-refractivity contribution >= 4 is 5.91 Å². The Morgan fingerprint density at radius 1 is 1.32 bits per heavy atom. The van der Waals surface area contributed by atoms with E-state index in [-0.39, 0.29) is 18.0 Å². The molecule has 1 aromatic rings. The number of hydrogen-bond donors (Lipinski definition) is 2. The molecular formula is C15H20N2O2. The van der Waals surface area contributed by atoms with Gasteiger partial charge in [-0.25, -0.2) is 0 Å². The number of hydrogen-bond acceptors (Lipinski definition) is 3. The number of fused-ring (bicyclic) bond motifs is 1. The predicted molar refractivity (Wildman–Crippen MR) is 73.1 cm³/mol. The van der Waals surface area contributed by atoms with Gasteiger partial charge in [-0.2, -0.15) is 0 Å². The third-order valence-corrected chi connectivity index (χ3v) is 3.73. The van der Waals surface area contributed by atoms with Gasteiger partial charge in [-0.1, -0.05) is 18.2 Å². The van der Waals surface area contributed by atoms with E-state index >= 15 is 0 Å². The molecule has 2 atom stereocenters. The van der Waals surface area contributed by atoms with E-state index in [1.54, 1.807) is 0 Å². The Balaban J connectivity index is 1.64. The standard InChI is InChI=1S/C15H20N2O2/c1-10(15(18)17-11-6-7-11)16-13-8-9-19-14-5-3-2-4-12(13)14/h2-5,10-11,13,16H,6-9H2,1H3,(H,17,18). The first-order valence-electron chi connectivity index (χ1n) is 7.02. The Morgan fingerprint density at radius 3 is 2.89 bits per heavy atom. The smallest absolute Gasteiger partial charge is 0.237 e. The molecule has 1 saturated carbocycles. The van der Waals surface area contributed by atoms with E-state index in [0.717, 1.165) is 30.6 Å². The second-order valence-corrected chi connectivity index (χ2v) is 5.40. The fraction of sp³-hybridized carbons (Fsp3) is 0.533. The molecule has 4 heteroatoms. The van der Waals surface area contributed by atoms with Crippen LogP contribution >= 0.6 is 0 Å². The number of rotatable bonds is 4. The highest BCUT2D eigenvalue weighted by atomic mass is 16.5. The molecule has 2 aliphatic rings. The molecule has 2 unspecified atom stereocenters. The van der Waals surface area contributed by atoms with Gasteiger partial charge in [0.2, 0.25) is 5.91 Å². The summed E-state index contributed by atoms with van der Waals surface area (Å²) in [6, 6.07) is 8.48. The minimum atomic E-state index is -0.170. The van der Waals surface area contributed by atoms with Crippen molar-refractivity contribution in [1.29, 1.82) is 0 Å². The summed E-state index contributed by atoms with van der Waals surface area (Å²) in [5.41, 5.74) is 1.15. The summed E-state index contributed by atoms with van der Waals surface area (Å²) < 4.78 is 5.63. The van der Waals surface area contributed by atoms with Crippen molar-refractivity contribution in [2.45, 2.75) is 44.3 Å². The lowest BCUT2D eigenvalue weighted by Crippen LogP contribution is -2.45. The molecule has 3 rings (SSSR count). The van der Waals surface area contributed by atoms with E-state index in [1.807, 2.05) is 25.1 Å². The molecule has 0 saturated heterocycles. The second-order valence-electron chi connectivity index (χ2n) is 5.40. The van der Waals surface area contributed by atoms with Crippen LogP contribution in [0.1, 0.15) is 37.8 Å². The second kappa shape index (κ2) is 5.21. The number of amides is 1. The Hall–Kier alpha value is -1.55. The zero-order valence-corrected chi connectivity index (χ0v) is 11.2. The third-order valence-electron chi connectivity index (χ3n) is 3.73. The molecule has 1 fully saturated rings. The summed E-state index contributed by atoms with van der Waals surface area (Å²) in [5.74, 6) is 1.03. The Bertz CT molecular complexity index is 471. The van der Waals surface area contributed by atoms with Gasteiger partial charge in [-0.15, -0.1) is 0 Å². The van der Waals surface area contributed by atoms with Gasteiger partial charge < -0.3 is 10.1 Å². The van der Waals surface area contributed by atoms with Gasteiger partial charge in [-0.05, 0) is 25.8 Å². The fourth-order valence-electron chi connectivity index (χ4n) is 2.45. The van der Waals surface area contributed by atoms with Crippen LogP contribution in [-0.2, 0) is 4.79 Å². The highest BCUT2D eigenvalue weighted by Gasteiger charge is 2.28. The zero-order chi connectivity index (χ0) is 13.2. The molecule has 19 heavy (non-hydrogen) atoms. The average molecular weight is 260 g/mol. The zero-order valence-electron chi connectivity index (χ0n) is 11.2. The van der Waals surface area contributed by atoms with Crippen molar-refractivity contribution in [1.82, 2.24) is 10.6 Å². The van der Waals surface area contributed by atoms with Crippen molar-refractivity contribution in [3.63, 3.8) is 0 Å². The summed E-state index contributed by atoms with van der Waals surface area (Å²) in [4.78, 5) is 12.0. The SMILES string of the molecule is CC(NC1CCOc2ccccc21)C(=O)NC1CC1. The number of para-hydroxylation sites is 1. The van der Waals surface area contributed by atoms with Gasteiger partial charge in [0.15, 0.2) is 0 Å². The van der Waals surface area contributed by atoms with Gasteiger partial charge in [0.05, 0.1) is 12.6 Å². The molecule has 0 spiro atoms. The van der Waals surface area contributed by atoms with E-state index in [9.17, 15) is 4.79 Å². The fourth-order valence-corrected chi connectivity index (χ4v) is 2.45. The lowest BCUT2D eigenvalue weighted by molar-refractivity contribution is -0.123. The van der Waals surface area contributed by atoms with Crippen molar-refractivity contribution in [2.75, 3.05) is 6.61 Å². The lowest BCUT2D eigenvalue weighted by atomic mass is 10.00. The van der Waals surface area contributed by atoms with Crippen molar-refractivity contribution in [2.24, 2.45) is 0 Å². The van der Waals surface area contributed by atoms with Crippen molar-refractivity contribution < 1.29 is 9.53 Å². The van der Waals surface area contributed by atoms with Crippen molar-refractivity contribution in [3.05, 3.63) is 29.8 Å². The molecule has 4 nitrogen and oxygen atoms in total. The summed E-state index contributed by atoms with van der Waals surface area (Å²) in [6.07, 6.45) is 3.15. The molecule has 0 radical (unpaired) electrons. The minimum absolute atomic E-state index is 0.103. The van der Waals surface area contributed by atoms with Crippen LogP contribution in [-0.4, -0.2) is 24.6 Å². The van der Waals surface area contributed by atoms with E-state index in [0.29, 0.717) is 12.6 Å². The quantitative estimate of drug-likeness (QED) is 0.867. The monoisotopic (exact) mass is 260 g/mol. The molecular weight excluding hydrogens is 240 g/mol. The normalized spacial score (nSPS) is 23.1. The van der Waals surface area contributed by atoms with E-state index in [2.05, 4.69) is 16.7 Å². The van der Waals surface area contributed by atoms with Crippen LogP contribution in [0.5, 0.6) is 5.75 Å². The number of nitrogens with one attached hydrogen (secondary N) is 2. The predicted octanol–water partition coefficient (Wildman–Crippen LogP) is 1.77. The van der Waals surface area contributed by atoms with Crippen LogP contribution in [0.2, 0.25) is 0 Å². The highest BCUT2D eigenvalue weighted by Crippen LogP contribution is 2.31. The molecule has 1 aliphatic carbocycles.